The van der Waals surface area contributed by atoms with Crippen LogP contribution in [0, 0.1) is 5.92 Å². The molecular formula is C56H108O6. The fourth-order valence-corrected chi connectivity index (χ4v) is 8.57. The zero-order valence-electron chi connectivity index (χ0n) is 42.3. The van der Waals surface area contributed by atoms with Crippen molar-refractivity contribution in [2.45, 2.75) is 323 Å². The molecule has 0 aromatic rings. The third kappa shape index (κ3) is 49.4. The predicted molar refractivity (Wildman–Crippen MR) is 266 cm³/mol. The summed E-state index contributed by atoms with van der Waals surface area (Å²) in [7, 11) is 0. The molecule has 0 rings (SSSR count). The van der Waals surface area contributed by atoms with Crippen LogP contribution in [0.1, 0.15) is 317 Å². The summed E-state index contributed by atoms with van der Waals surface area (Å²) in [5.74, 6) is -0.0203. The first kappa shape index (κ1) is 60.4. The number of hydrogen-bond acceptors (Lipinski definition) is 6. The Balaban J connectivity index is 4.30. The van der Waals surface area contributed by atoms with Crippen molar-refractivity contribution in [2.75, 3.05) is 13.2 Å². The molecule has 0 aliphatic carbocycles. The molecule has 0 bridgehead atoms. The molecule has 1 atom stereocenters. The first-order valence-electron chi connectivity index (χ1n) is 27.9. The van der Waals surface area contributed by atoms with Gasteiger partial charge in [0.2, 0.25) is 0 Å². The summed E-state index contributed by atoms with van der Waals surface area (Å²) in [5.41, 5.74) is 0. The number of hydrogen-bond donors (Lipinski definition) is 0. The van der Waals surface area contributed by atoms with Crippen LogP contribution >= 0.6 is 0 Å². The summed E-state index contributed by atoms with van der Waals surface area (Å²) in [6.07, 6.45) is 53.7. The van der Waals surface area contributed by atoms with Gasteiger partial charge >= 0.3 is 17.9 Å². The minimum atomic E-state index is -0.761. The molecule has 0 heterocycles. The van der Waals surface area contributed by atoms with Crippen molar-refractivity contribution in [1.29, 1.82) is 0 Å². The van der Waals surface area contributed by atoms with Gasteiger partial charge in [-0.3, -0.25) is 14.4 Å². The van der Waals surface area contributed by atoms with Crippen LogP contribution < -0.4 is 0 Å². The first-order chi connectivity index (χ1) is 30.4. The highest BCUT2D eigenvalue weighted by Crippen LogP contribution is 2.18. The molecule has 0 spiro atoms. The lowest BCUT2D eigenvalue weighted by Crippen LogP contribution is -2.30. The third-order valence-electron chi connectivity index (χ3n) is 12.8. The molecule has 6 nitrogen and oxygen atoms in total. The summed E-state index contributed by atoms with van der Waals surface area (Å²) < 4.78 is 16.9. The average Bonchev–Trinajstić information content (AvgIpc) is 3.26. The minimum absolute atomic E-state index is 0.0623. The maximum absolute atomic E-state index is 12.8. The Morgan fingerprint density at radius 1 is 0.306 bits per heavy atom. The van der Waals surface area contributed by atoms with Gasteiger partial charge in [-0.1, -0.05) is 278 Å². The number of carbonyl (C=O) groups excluding carboxylic acids is 3. The Labute approximate surface area is 387 Å². The van der Waals surface area contributed by atoms with Crippen molar-refractivity contribution in [3.05, 3.63) is 0 Å². The Bertz CT molecular complexity index is 933. The van der Waals surface area contributed by atoms with E-state index in [0.717, 1.165) is 63.7 Å². The van der Waals surface area contributed by atoms with Crippen LogP contribution in [0.3, 0.4) is 0 Å². The quantitative estimate of drug-likeness (QED) is 0.0344. The van der Waals surface area contributed by atoms with Crippen LogP contribution in [0.5, 0.6) is 0 Å². The highest BCUT2D eigenvalue weighted by molar-refractivity contribution is 5.71. The molecule has 0 aliphatic heterocycles. The van der Waals surface area contributed by atoms with Crippen molar-refractivity contribution >= 4 is 17.9 Å². The van der Waals surface area contributed by atoms with E-state index in [-0.39, 0.29) is 31.1 Å². The Hall–Kier alpha value is -1.59. The van der Waals surface area contributed by atoms with Crippen molar-refractivity contribution in [3.8, 4) is 0 Å². The molecule has 0 fully saturated rings. The molecule has 0 aromatic carbocycles. The molecule has 6 heteroatoms. The molecule has 0 aliphatic rings. The second-order valence-electron chi connectivity index (χ2n) is 19.7. The zero-order valence-corrected chi connectivity index (χ0v) is 42.3. The first-order valence-corrected chi connectivity index (χ1v) is 27.9. The van der Waals surface area contributed by atoms with E-state index in [1.54, 1.807) is 0 Å². The van der Waals surface area contributed by atoms with Gasteiger partial charge in [0.25, 0.3) is 0 Å². The van der Waals surface area contributed by atoms with Crippen molar-refractivity contribution in [2.24, 2.45) is 5.92 Å². The highest BCUT2D eigenvalue weighted by Gasteiger charge is 2.19. The van der Waals surface area contributed by atoms with E-state index in [1.165, 1.54) is 212 Å². The van der Waals surface area contributed by atoms with E-state index >= 15 is 0 Å². The van der Waals surface area contributed by atoms with Crippen LogP contribution in [0.4, 0.5) is 0 Å². The molecule has 0 saturated heterocycles. The second-order valence-corrected chi connectivity index (χ2v) is 19.7. The van der Waals surface area contributed by atoms with Gasteiger partial charge in [-0.2, -0.15) is 0 Å². The van der Waals surface area contributed by atoms with Gasteiger partial charge in [-0.15, -0.1) is 0 Å². The summed E-state index contributed by atoms with van der Waals surface area (Å²) in [5, 5.41) is 0. The van der Waals surface area contributed by atoms with Gasteiger partial charge in [0.15, 0.2) is 6.10 Å². The van der Waals surface area contributed by atoms with Crippen LogP contribution in [-0.4, -0.2) is 37.2 Å². The van der Waals surface area contributed by atoms with Gasteiger partial charge in [0, 0.05) is 19.3 Å². The topological polar surface area (TPSA) is 78.9 Å². The standard InChI is InChI=1S/C56H108O6/c1-5-7-9-11-13-15-17-19-21-22-23-25-27-33-37-41-45-49-56(59)62-53(51-61-55(58)48-44-40-36-32-29-28-30-34-38-42-46-52(3)4)50-60-54(57)47-43-39-35-31-26-24-20-18-16-14-12-10-8-6-2/h52-53H,5-51H2,1-4H3/t53-/m0/s1. The van der Waals surface area contributed by atoms with Gasteiger partial charge in [-0.25, -0.2) is 0 Å². The van der Waals surface area contributed by atoms with Crippen LogP contribution in [0.15, 0.2) is 0 Å². The monoisotopic (exact) mass is 877 g/mol. The highest BCUT2D eigenvalue weighted by atomic mass is 16.6. The lowest BCUT2D eigenvalue weighted by atomic mass is 10.0. The van der Waals surface area contributed by atoms with Crippen LogP contribution in [0.2, 0.25) is 0 Å². The average molecular weight is 877 g/mol. The number of ether oxygens (including phenoxy) is 3. The number of rotatable bonds is 51. The summed E-state index contributed by atoms with van der Waals surface area (Å²) in [6, 6.07) is 0. The molecule has 0 unspecified atom stereocenters. The van der Waals surface area contributed by atoms with Crippen LogP contribution in [0.25, 0.3) is 0 Å². The zero-order chi connectivity index (χ0) is 45.2. The number of unbranched alkanes of at least 4 members (excludes halogenated alkanes) is 38. The molecule has 0 saturated carbocycles. The fourth-order valence-electron chi connectivity index (χ4n) is 8.57. The fraction of sp³-hybridized carbons (Fsp3) is 0.946. The molecule has 0 aromatic heterocycles. The van der Waals surface area contributed by atoms with E-state index in [0.29, 0.717) is 19.3 Å². The molecule has 0 amide bonds. The molecule has 368 valence electrons. The SMILES string of the molecule is CCCCCCCCCCCCCCCCCCCC(=O)O[C@@H](COC(=O)CCCCCCCCCCCCCCCC)COC(=O)CCCCCCCCCCCCC(C)C. The van der Waals surface area contributed by atoms with Crippen LogP contribution in [-0.2, 0) is 28.6 Å². The van der Waals surface area contributed by atoms with E-state index < -0.39 is 6.10 Å². The number of esters is 3. The van der Waals surface area contributed by atoms with Crippen molar-refractivity contribution in [1.82, 2.24) is 0 Å². The van der Waals surface area contributed by atoms with Crippen molar-refractivity contribution in [3.63, 3.8) is 0 Å². The normalized spacial score (nSPS) is 12.0. The smallest absolute Gasteiger partial charge is 0.306 e. The maximum Gasteiger partial charge on any atom is 0.306 e. The molecule has 62 heavy (non-hydrogen) atoms. The molecule has 0 N–H and O–H groups in total. The lowest BCUT2D eigenvalue weighted by Gasteiger charge is -2.18. The van der Waals surface area contributed by atoms with E-state index in [4.69, 9.17) is 14.2 Å². The van der Waals surface area contributed by atoms with E-state index in [9.17, 15) is 14.4 Å². The Kier molecular flexibility index (Phi) is 49.1. The van der Waals surface area contributed by atoms with Crippen molar-refractivity contribution < 1.29 is 28.6 Å². The summed E-state index contributed by atoms with van der Waals surface area (Å²) in [6.45, 7) is 9.04. The summed E-state index contributed by atoms with van der Waals surface area (Å²) in [4.78, 5) is 38.1. The van der Waals surface area contributed by atoms with Gasteiger partial charge in [-0.05, 0) is 25.2 Å². The maximum atomic E-state index is 12.8. The Morgan fingerprint density at radius 2 is 0.532 bits per heavy atom. The van der Waals surface area contributed by atoms with E-state index in [2.05, 4.69) is 27.7 Å². The largest absolute Gasteiger partial charge is 0.462 e. The lowest BCUT2D eigenvalue weighted by molar-refractivity contribution is -0.167. The second kappa shape index (κ2) is 50.4. The van der Waals surface area contributed by atoms with Gasteiger partial charge in [0.1, 0.15) is 13.2 Å². The van der Waals surface area contributed by atoms with E-state index in [1.807, 2.05) is 0 Å². The number of carbonyl (C=O) groups is 3. The molecule has 0 radical (unpaired) electrons. The predicted octanol–water partition coefficient (Wildman–Crippen LogP) is 18.2. The molecular weight excluding hydrogens is 769 g/mol. The third-order valence-corrected chi connectivity index (χ3v) is 12.8. The summed E-state index contributed by atoms with van der Waals surface area (Å²) >= 11 is 0. The van der Waals surface area contributed by atoms with Gasteiger partial charge < -0.3 is 14.2 Å². The van der Waals surface area contributed by atoms with Gasteiger partial charge in [0.05, 0.1) is 0 Å². The Morgan fingerprint density at radius 3 is 0.790 bits per heavy atom. The minimum Gasteiger partial charge on any atom is -0.462 e.